The molecule has 0 aliphatic carbocycles. The largest absolute Gasteiger partial charge is 0.383 e. The summed E-state index contributed by atoms with van der Waals surface area (Å²) in [5.74, 6) is -1.25. The van der Waals surface area contributed by atoms with Gasteiger partial charge in [-0.3, -0.25) is 19.7 Å². The molecule has 4 aromatic rings. The highest BCUT2D eigenvalue weighted by molar-refractivity contribution is 5.94. The maximum atomic E-state index is 13.9. The molecule has 0 spiro atoms. The highest BCUT2D eigenvalue weighted by Crippen LogP contribution is 2.31. The average molecular weight is 592 g/mol. The Morgan fingerprint density at radius 2 is 1.95 bits per heavy atom. The van der Waals surface area contributed by atoms with Crippen molar-refractivity contribution >= 4 is 17.8 Å². The molecule has 224 valence electrons. The van der Waals surface area contributed by atoms with Gasteiger partial charge in [0.1, 0.15) is 28.9 Å². The number of methoxy groups -OCH3 is 1. The molecule has 4 heterocycles. The van der Waals surface area contributed by atoms with Crippen molar-refractivity contribution in [3.8, 4) is 17.1 Å². The Balaban J connectivity index is 1.48. The number of nitrogens with zero attached hydrogens (tertiary/aromatic N) is 6. The van der Waals surface area contributed by atoms with Gasteiger partial charge in [0.2, 0.25) is 5.95 Å². The first kappa shape index (κ1) is 29.5. The lowest BCUT2D eigenvalue weighted by Gasteiger charge is -2.19. The SMILES string of the molecule is COCCN1C[C@@H](NC(=O)Nc2c(C)c(-c3cc(C(N)=O)c(=O)n(C)n3)nn2-c2ccccc2)[C@H](c2ccnc(F)c2)O1. The zero-order valence-corrected chi connectivity index (χ0v) is 23.7. The molecule has 1 aliphatic heterocycles. The predicted octanol–water partition coefficient (Wildman–Crippen LogP) is 1.70. The molecular formula is C28H30FN9O5. The Kier molecular flexibility index (Phi) is 8.56. The van der Waals surface area contributed by atoms with Gasteiger partial charge in [-0.2, -0.15) is 19.7 Å². The quantitative estimate of drug-likeness (QED) is 0.245. The number of pyridine rings is 1. The smallest absolute Gasteiger partial charge is 0.320 e. The number of rotatable bonds is 9. The van der Waals surface area contributed by atoms with Gasteiger partial charge in [-0.05, 0) is 42.8 Å². The molecule has 1 saturated heterocycles. The van der Waals surface area contributed by atoms with Crippen LogP contribution in [0.25, 0.3) is 17.1 Å². The number of hydrogen-bond acceptors (Lipinski definition) is 9. The molecule has 3 amide bonds. The molecule has 14 nitrogen and oxygen atoms in total. The number of primary amides is 1. The predicted molar refractivity (Wildman–Crippen MR) is 153 cm³/mol. The van der Waals surface area contributed by atoms with E-state index in [1.54, 1.807) is 37.3 Å². The van der Waals surface area contributed by atoms with Crippen LogP contribution >= 0.6 is 0 Å². The van der Waals surface area contributed by atoms with E-state index < -0.39 is 35.6 Å². The summed E-state index contributed by atoms with van der Waals surface area (Å²) >= 11 is 0. The van der Waals surface area contributed by atoms with E-state index in [0.29, 0.717) is 48.0 Å². The number of hydroxylamine groups is 2. The van der Waals surface area contributed by atoms with Crippen molar-refractivity contribution in [2.24, 2.45) is 12.8 Å². The fourth-order valence-electron chi connectivity index (χ4n) is 4.79. The van der Waals surface area contributed by atoms with E-state index in [-0.39, 0.29) is 11.3 Å². The first-order valence-corrected chi connectivity index (χ1v) is 13.3. The summed E-state index contributed by atoms with van der Waals surface area (Å²) in [6.45, 7) is 2.86. The number of ether oxygens (including phenoxy) is 1. The Labute approximate surface area is 245 Å². The highest BCUT2D eigenvalue weighted by atomic mass is 19.1. The number of para-hydroxylation sites is 1. The summed E-state index contributed by atoms with van der Waals surface area (Å²) in [7, 11) is 2.97. The molecule has 0 radical (unpaired) electrons. The maximum absolute atomic E-state index is 13.9. The summed E-state index contributed by atoms with van der Waals surface area (Å²) in [6.07, 6.45) is 0.654. The van der Waals surface area contributed by atoms with Crippen LogP contribution in [0.1, 0.15) is 27.6 Å². The maximum Gasteiger partial charge on any atom is 0.320 e. The molecule has 1 aromatic carbocycles. The van der Waals surface area contributed by atoms with Crippen molar-refractivity contribution in [3.05, 3.63) is 87.7 Å². The van der Waals surface area contributed by atoms with Gasteiger partial charge in [0.05, 0.1) is 18.3 Å². The number of anilines is 1. The number of amides is 3. The molecule has 43 heavy (non-hydrogen) atoms. The van der Waals surface area contributed by atoms with E-state index in [1.807, 2.05) is 18.2 Å². The number of carbonyl (C=O) groups excluding carboxylic acids is 2. The molecule has 1 aliphatic rings. The van der Waals surface area contributed by atoms with E-state index in [1.165, 1.54) is 30.1 Å². The zero-order chi connectivity index (χ0) is 30.7. The number of benzene rings is 1. The molecule has 4 N–H and O–H groups in total. The summed E-state index contributed by atoms with van der Waals surface area (Å²) in [5, 5.41) is 16.4. The number of nitrogens with one attached hydrogen (secondary N) is 2. The molecule has 0 bridgehead atoms. The number of nitrogens with two attached hydrogens (primary N) is 1. The Bertz CT molecular complexity index is 1710. The van der Waals surface area contributed by atoms with Gasteiger partial charge in [-0.15, -0.1) is 0 Å². The lowest BCUT2D eigenvalue weighted by atomic mass is 10.0. The van der Waals surface area contributed by atoms with Crippen LogP contribution in [0.5, 0.6) is 0 Å². The third-order valence-electron chi connectivity index (χ3n) is 6.89. The molecular weight excluding hydrogens is 561 g/mol. The van der Waals surface area contributed by atoms with Crippen LogP contribution in [-0.4, -0.2) is 74.4 Å². The van der Waals surface area contributed by atoms with E-state index in [2.05, 4.69) is 25.8 Å². The molecule has 0 unspecified atom stereocenters. The molecule has 15 heteroatoms. The Hall–Kier alpha value is -4.99. The minimum atomic E-state index is -0.899. The third kappa shape index (κ3) is 6.28. The van der Waals surface area contributed by atoms with Crippen molar-refractivity contribution in [3.63, 3.8) is 0 Å². The fourth-order valence-corrected chi connectivity index (χ4v) is 4.79. The van der Waals surface area contributed by atoms with E-state index >= 15 is 0 Å². The van der Waals surface area contributed by atoms with E-state index in [9.17, 15) is 18.8 Å². The van der Waals surface area contributed by atoms with Gasteiger partial charge in [0, 0.05) is 39.0 Å². The molecule has 0 saturated carbocycles. The number of carbonyl (C=O) groups is 2. The third-order valence-corrected chi connectivity index (χ3v) is 6.89. The van der Waals surface area contributed by atoms with Gasteiger partial charge in [0.15, 0.2) is 0 Å². The Morgan fingerprint density at radius 1 is 1.19 bits per heavy atom. The Morgan fingerprint density at radius 3 is 2.65 bits per heavy atom. The minimum Gasteiger partial charge on any atom is -0.383 e. The van der Waals surface area contributed by atoms with E-state index in [0.717, 1.165) is 4.68 Å². The number of halogens is 1. The van der Waals surface area contributed by atoms with E-state index in [4.69, 9.17) is 15.3 Å². The summed E-state index contributed by atoms with van der Waals surface area (Å²) in [5.41, 5.74) is 6.72. The van der Waals surface area contributed by atoms with Gasteiger partial charge in [-0.1, -0.05) is 18.2 Å². The van der Waals surface area contributed by atoms with Crippen molar-refractivity contribution in [1.82, 2.24) is 34.9 Å². The number of hydrogen-bond donors (Lipinski definition) is 3. The van der Waals surface area contributed by atoms with Crippen LogP contribution < -0.4 is 21.9 Å². The molecule has 5 rings (SSSR count). The molecule has 2 atom stereocenters. The molecule has 3 aromatic heterocycles. The number of aromatic nitrogens is 5. The lowest BCUT2D eigenvalue weighted by Crippen LogP contribution is -2.42. The van der Waals surface area contributed by atoms with Crippen LogP contribution in [-0.2, 0) is 16.6 Å². The lowest BCUT2D eigenvalue weighted by molar-refractivity contribution is -0.154. The number of urea groups is 1. The van der Waals surface area contributed by atoms with Gasteiger partial charge in [0.25, 0.3) is 11.5 Å². The van der Waals surface area contributed by atoms with Crippen molar-refractivity contribution < 1.29 is 23.6 Å². The number of aryl methyl sites for hydroxylation is 1. The van der Waals surface area contributed by atoms with Crippen molar-refractivity contribution in [1.29, 1.82) is 0 Å². The van der Waals surface area contributed by atoms with Crippen LogP contribution in [0.3, 0.4) is 0 Å². The van der Waals surface area contributed by atoms with Gasteiger partial charge in [-0.25, -0.2) is 19.1 Å². The summed E-state index contributed by atoms with van der Waals surface area (Å²) in [4.78, 5) is 47.4. The molecule has 1 fully saturated rings. The second-order valence-electron chi connectivity index (χ2n) is 9.83. The highest BCUT2D eigenvalue weighted by Gasteiger charge is 2.37. The van der Waals surface area contributed by atoms with Crippen LogP contribution in [0.15, 0.2) is 59.5 Å². The zero-order valence-electron chi connectivity index (χ0n) is 23.7. The second-order valence-corrected chi connectivity index (χ2v) is 9.83. The van der Waals surface area contributed by atoms with Gasteiger partial charge >= 0.3 is 6.03 Å². The topological polar surface area (TPSA) is 172 Å². The fraction of sp³-hybridized carbons (Fsp3) is 0.286. The van der Waals surface area contributed by atoms with Crippen LogP contribution in [0, 0.1) is 12.9 Å². The second kappa shape index (κ2) is 12.5. The van der Waals surface area contributed by atoms with Crippen molar-refractivity contribution in [2.45, 2.75) is 19.1 Å². The monoisotopic (exact) mass is 591 g/mol. The van der Waals surface area contributed by atoms with Gasteiger partial charge < -0.3 is 15.8 Å². The first-order chi connectivity index (χ1) is 20.7. The standard InChI is InChI=1S/C28H30FN9O5/c1-16-23(20-14-19(25(30)39)27(40)36(2)34-20)35-38(18-7-5-4-6-8-18)26(16)33-28(41)32-21-15-37(11-12-42-3)43-24(21)17-9-10-31-22(29)13-17/h4-10,13-14,21,24H,11-12,15H2,1-3H3,(H2,30,39)(H2,32,33,41)/t21-,24+/m1/s1. The normalized spacial score (nSPS) is 16.7. The summed E-state index contributed by atoms with van der Waals surface area (Å²) in [6, 6.07) is 12.1. The van der Waals surface area contributed by atoms with Crippen molar-refractivity contribution in [2.75, 3.05) is 32.1 Å². The van der Waals surface area contributed by atoms with Crippen LogP contribution in [0.2, 0.25) is 0 Å². The minimum absolute atomic E-state index is 0.212. The average Bonchev–Trinajstić information content (AvgIpc) is 3.54. The summed E-state index contributed by atoms with van der Waals surface area (Å²) < 4.78 is 21.6. The first-order valence-electron chi connectivity index (χ1n) is 13.3. The van der Waals surface area contributed by atoms with Crippen LogP contribution in [0.4, 0.5) is 15.0 Å².